The summed E-state index contributed by atoms with van der Waals surface area (Å²) in [5.74, 6) is 0. The molecule has 4 heteroatoms. The van der Waals surface area contributed by atoms with E-state index in [4.69, 9.17) is 5.73 Å². The number of benzene rings is 1. The second-order valence-corrected chi connectivity index (χ2v) is 4.73. The molecule has 0 aromatic heterocycles. The van der Waals surface area contributed by atoms with Gasteiger partial charge in [-0.1, -0.05) is 34.1 Å². The van der Waals surface area contributed by atoms with E-state index >= 15 is 0 Å². The van der Waals surface area contributed by atoms with Crippen molar-refractivity contribution in [3.05, 3.63) is 34.3 Å². The lowest BCUT2D eigenvalue weighted by Crippen LogP contribution is -2.26. The predicted octanol–water partition coefficient (Wildman–Crippen LogP) is 2.40. The fourth-order valence-corrected chi connectivity index (χ4v) is 2.28. The maximum absolute atomic E-state index is 5.86. The number of nitrogens with two attached hydrogens (primary N) is 1. The van der Waals surface area contributed by atoms with Gasteiger partial charge in [0.2, 0.25) is 0 Å². The summed E-state index contributed by atoms with van der Waals surface area (Å²) in [4.78, 5) is 2.41. The lowest BCUT2D eigenvalue weighted by Gasteiger charge is -2.15. The zero-order valence-electron chi connectivity index (χ0n) is 8.53. The Balaban J connectivity index is 0.00000112. The summed E-state index contributed by atoms with van der Waals surface area (Å²) in [5.41, 5.74) is 7.21. The number of likely N-dealkylation sites (tertiary alicyclic amines) is 1. The second-order valence-electron chi connectivity index (χ2n) is 3.88. The first-order valence-corrected chi connectivity index (χ1v) is 5.76. The van der Waals surface area contributed by atoms with E-state index in [0.717, 1.165) is 26.1 Å². The van der Waals surface area contributed by atoms with Crippen LogP contribution < -0.4 is 5.73 Å². The Bertz CT molecular complexity index is 319. The van der Waals surface area contributed by atoms with Crippen LogP contribution in [0.2, 0.25) is 0 Å². The lowest BCUT2D eigenvalue weighted by atomic mass is 10.2. The summed E-state index contributed by atoms with van der Waals surface area (Å²) >= 11 is 3.56. The first-order chi connectivity index (χ1) is 6.75. The van der Waals surface area contributed by atoms with E-state index in [2.05, 4.69) is 39.0 Å². The molecule has 0 amide bonds. The molecule has 0 unspecified atom stereocenters. The molecule has 1 aromatic carbocycles. The first kappa shape index (κ1) is 13.0. The number of hydrogen-bond acceptors (Lipinski definition) is 2. The number of nitrogens with zero attached hydrogens (tertiary/aromatic N) is 1. The van der Waals surface area contributed by atoms with Crippen molar-refractivity contribution in [1.29, 1.82) is 0 Å². The highest BCUT2D eigenvalue weighted by atomic mass is 79.9. The Labute approximate surface area is 105 Å². The zero-order chi connectivity index (χ0) is 9.97. The Morgan fingerprint density at radius 2 is 2.13 bits per heavy atom. The van der Waals surface area contributed by atoms with E-state index in [1.807, 2.05) is 6.07 Å². The van der Waals surface area contributed by atoms with E-state index in [9.17, 15) is 0 Å². The number of hydrogen-bond donors (Lipinski definition) is 1. The number of halogens is 2. The van der Waals surface area contributed by atoms with Crippen LogP contribution in [0, 0.1) is 0 Å². The van der Waals surface area contributed by atoms with E-state index in [0.29, 0.717) is 6.04 Å². The molecular weight excluding hydrogens is 275 g/mol. The standard InChI is InChI=1S/C11H15BrN2.ClH/c12-11-4-2-1-3-9(11)7-14-6-5-10(13)8-14;/h1-4,10H,5-8,13H2;1H/t10-;/m1./s1. The van der Waals surface area contributed by atoms with Crippen molar-refractivity contribution in [1.82, 2.24) is 4.90 Å². The van der Waals surface area contributed by atoms with Gasteiger partial charge in [-0.05, 0) is 18.1 Å². The smallest absolute Gasteiger partial charge is 0.0245 e. The van der Waals surface area contributed by atoms with Gasteiger partial charge in [0.1, 0.15) is 0 Å². The fraction of sp³-hybridized carbons (Fsp3) is 0.455. The highest BCUT2D eigenvalue weighted by Gasteiger charge is 2.19. The molecule has 0 spiro atoms. The quantitative estimate of drug-likeness (QED) is 0.907. The maximum atomic E-state index is 5.86. The van der Waals surface area contributed by atoms with Gasteiger partial charge in [0.25, 0.3) is 0 Å². The van der Waals surface area contributed by atoms with Crippen molar-refractivity contribution in [3.63, 3.8) is 0 Å². The molecule has 1 aliphatic rings. The minimum absolute atomic E-state index is 0. The molecule has 84 valence electrons. The fourth-order valence-electron chi connectivity index (χ4n) is 1.87. The molecule has 15 heavy (non-hydrogen) atoms. The van der Waals surface area contributed by atoms with Gasteiger partial charge in [-0.3, -0.25) is 4.90 Å². The van der Waals surface area contributed by atoms with Crippen LogP contribution in [0.1, 0.15) is 12.0 Å². The van der Waals surface area contributed by atoms with Crippen LogP contribution >= 0.6 is 28.3 Å². The third kappa shape index (κ3) is 3.45. The van der Waals surface area contributed by atoms with E-state index in [-0.39, 0.29) is 12.4 Å². The van der Waals surface area contributed by atoms with Crippen molar-refractivity contribution in [2.24, 2.45) is 5.73 Å². The first-order valence-electron chi connectivity index (χ1n) is 4.97. The summed E-state index contributed by atoms with van der Waals surface area (Å²) in [6.45, 7) is 3.17. The van der Waals surface area contributed by atoms with Crippen LogP contribution in [0.4, 0.5) is 0 Å². The maximum Gasteiger partial charge on any atom is 0.0245 e. The molecule has 1 saturated heterocycles. The van der Waals surface area contributed by atoms with Crippen molar-refractivity contribution < 1.29 is 0 Å². The second kappa shape index (κ2) is 5.85. The van der Waals surface area contributed by atoms with E-state index in [1.54, 1.807) is 0 Å². The average Bonchev–Trinajstić information content (AvgIpc) is 2.56. The molecule has 0 saturated carbocycles. The Hall–Kier alpha value is -0.0900. The van der Waals surface area contributed by atoms with E-state index in [1.165, 1.54) is 10.0 Å². The van der Waals surface area contributed by atoms with Crippen LogP contribution in [-0.4, -0.2) is 24.0 Å². The average molecular weight is 292 g/mol. The number of rotatable bonds is 2. The molecule has 2 N–H and O–H groups in total. The third-order valence-corrected chi connectivity index (χ3v) is 3.43. The van der Waals surface area contributed by atoms with Crippen LogP contribution in [0.5, 0.6) is 0 Å². The molecule has 0 radical (unpaired) electrons. The molecule has 1 atom stereocenters. The van der Waals surface area contributed by atoms with Crippen molar-refractivity contribution in [2.45, 2.75) is 19.0 Å². The predicted molar refractivity (Wildman–Crippen MR) is 69.3 cm³/mol. The molecule has 0 aliphatic carbocycles. The van der Waals surface area contributed by atoms with Gasteiger partial charge in [0.05, 0.1) is 0 Å². The van der Waals surface area contributed by atoms with Crippen LogP contribution in [0.25, 0.3) is 0 Å². The molecule has 2 rings (SSSR count). The van der Waals surface area contributed by atoms with Gasteiger partial charge in [-0.2, -0.15) is 0 Å². The third-order valence-electron chi connectivity index (χ3n) is 2.66. The Morgan fingerprint density at radius 3 is 2.73 bits per heavy atom. The SMILES string of the molecule is Cl.N[C@@H]1CCN(Cc2ccccc2Br)C1. The minimum atomic E-state index is 0. The van der Waals surface area contributed by atoms with Crippen molar-refractivity contribution >= 4 is 28.3 Å². The highest BCUT2D eigenvalue weighted by Crippen LogP contribution is 2.19. The van der Waals surface area contributed by atoms with Gasteiger partial charge < -0.3 is 5.73 Å². The molecular formula is C11H16BrClN2. The highest BCUT2D eigenvalue weighted by molar-refractivity contribution is 9.10. The lowest BCUT2D eigenvalue weighted by molar-refractivity contribution is 0.326. The van der Waals surface area contributed by atoms with Gasteiger partial charge in [0, 0.05) is 30.1 Å². The molecule has 1 fully saturated rings. The molecule has 1 aromatic rings. The summed E-state index contributed by atoms with van der Waals surface area (Å²) < 4.78 is 1.19. The van der Waals surface area contributed by atoms with Gasteiger partial charge in [-0.15, -0.1) is 12.4 Å². The topological polar surface area (TPSA) is 29.3 Å². The normalized spacial score (nSPS) is 21.3. The largest absolute Gasteiger partial charge is 0.326 e. The van der Waals surface area contributed by atoms with Crippen LogP contribution in [0.3, 0.4) is 0 Å². The Morgan fingerprint density at radius 1 is 1.40 bits per heavy atom. The zero-order valence-corrected chi connectivity index (χ0v) is 10.9. The molecule has 0 bridgehead atoms. The summed E-state index contributed by atoms with van der Waals surface area (Å²) in [5, 5.41) is 0. The van der Waals surface area contributed by atoms with Gasteiger partial charge in [-0.25, -0.2) is 0 Å². The monoisotopic (exact) mass is 290 g/mol. The van der Waals surface area contributed by atoms with Gasteiger partial charge >= 0.3 is 0 Å². The summed E-state index contributed by atoms with van der Waals surface area (Å²) in [6.07, 6.45) is 1.13. The molecule has 1 aliphatic heterocycles. The van der Waals surface area contributed by atoms with Crippen LogP contribution in [-0.2, 0) is 6.54 Å². The molecule has 1 heterocycles. The Kier molecular flexibility index (Phi) is 5.06. The van der Waals surface area contributed by atoms with E-state index < -0.39 is 0 Å². The van der Waals surface area contributed by atoms with Crippen molar-refractivity contribution in [3.8, 4) is 0 Å². The van der Waals surface area contributed by atoms with Crippen molar-refractivity contribution in [2.75, 3.05) is 13.1 Å². The van der Waals surface area contributed by atoms with Crippen LogP contribution in [0.15, 0.2) is 28.7 Å². The van der Waals surface area contributed by atoms with Gasteiger partial charge in [0.15, 0.2) is 0 Å². The summed E-state index contributed by atoms with van der Waals surface area (Å²) in [6, 6.07) is 8.75. The summed E-state index contributed by atoms with van der Waals surface area (Å²) in [7, 11) is 0. The molecule has 2 nitrogen and oxygen atoms in total. The minimum Gasteiger partial charge on any atom is -0.326 e.